The molecule has 17 heteroatoms. The molecule has 0 bridgehead atoms. The van der Waals surface area contributed by atoms with Crippen molar-refractivity contribution in [2.45, 2.75) is 102 Å². The molecular weight excluding hydrogens is 761 g/mol. The van der Waals surface area contributed by atoms with E-state index in [4.69, 9.17) is 36.7 Å². The number of ether oxygens (including phenoxy) is 5. The van der Waals surface area contributed by atoms with Gasteiger partial charge in [0.25, 0.3) is 11.5 Å². The Bertz CT molecular complexity index is 1960. The summed E-state index contributed by atoms with van der Waals surface area (Å²) in [5.41, 5.74) is -1.85. The second-order valence-electron chi connectivity index (χ2n) is 15.0. The van der Waals surface area contributed by atoms with Gasteiger partial charge in [-0.1, -0.05) is 79.7 Å². The van der Waals surface area contributed by atoms with Gasteiger partial charge in [-0.3, -0.25) is 14.2 Å². The molecule has 0 spiro atoms. The Labute approximate surface area is 328 Å². The maximum atomic E-state index is 14.3. The zero-order valence-electron chi connectivity index (χ0n) is 33.5. The van der Waals surface area contributed by atoms with Crippen LogP contribution in [0.5, 0.6) is 5.75 Å². The van der Waals surface area contributed by atoms with E-state index in [1.54, 1.807) is 18.2 Å². The topological polar surface area (TPSA) is 169 Å². The van der Waals surface area contributed by atoms with Crippen LogP contribution in [0.25, 0.3) is 0 Å². The molecule has 2 aliphatic heterocycles. The van der Waals surface area contributed by atoms with Crippen molar-refractivity contribution in [3.63, 3.8) is 0 Å². The maximum absolute atomic E-state index is 14.3. The van der Waals surface area contributed by atoms with Crippen molar-refractivity contribution < 1.29 is 51.0 Å². The number of aromatic nitrogens is 2. The van der Waals surface area contributed by atoms with Crippen LogP contribution in [0.3, 0.4) is 0 Å². The van der Waals surface area contributed by atoms with Crippen molar-refractivity contribution in [3.05, 3.63) is 98.3 Å². The van der Waals surface area contributed by atoms with E-state index in [2.05, 4.69) is 55.4 Å². The van der Waals surface area contributed by atoms with Gasteiger partial charge < -0.3 is 36.7 Å². The number of rotatable bonds is 12. The number of benzene rings is 2. The molecule has 3 heterocycles. The lowest BCUT2D eigenvalue weighted by Gasteiger charge is -2.51. The molecule has 0 unspecified atom stereocenters. The molecule has 304 valence electrons. The highest BCUT2D eigenvalue weighted by Gasteiger charge is 2.62. The molecule has 1 aromatic heterocycles. The summed E-state index contributed by atoms with van der Waals surface area (Å²) in [6, 6.07) is 13.4. The van der Waals surface area contributed by atoms with Crippen LogP contribution in [0, 0.1) is 0 Å². The van der Waals surface area contributed by atoms with Gasteiger partial charge in [-0.15, -0.1) is 0 Å². The molecule has 2 aromatic carbocycles. The van der Waals surface area contributed by atoms with E-state index >= 15 is 0 Å². The van der Waals surface area contributed by atoms with Crippen molar-refractivity contribution in [2.24, 2.45) is 0 Å². The molecule has 0 aliphatic carbocycles. The Hall–Kier alpha value is -4.24. The monoisotopic (exact) mass is 812 g/mol. The van der Waals surface area contributed by atoms with Crippen LogP contribution in [0.15, 0.2) is 70.4 Å². The van der Waals surface area contributed by atoms with Crippen molar-refractivity contribution >= 4 is 35.0 Å². The molecule has 2 aliphatic rings. The van der Waals surface area contributed by atoms with E-state index in [-0.39, 0.29) is 51.2 Å². The molecule has 2 fully saturated rings. The summed E-state index contributed by atoms with van der Waals surface area (Å²) in [5.74, 6) is -2.51. The molecule has 0 N–H and O–H groups in total. The number of hydrogen-bond donors (Lipinski definition) is 0. The first-order valence-corrected chi connectivity index (χ1v) is 22.6. The van der Waals surface area contributed by atoms with Gasteiger partial charge in [0.1, 0.15) is 29.4 Å². The molecule has 56 heavy (non-hydrogen) atoms. The molecule has 0 amide bonds. The van der Waals surface area contributed by atoms with E-state index in [1.807, 2.05) is 0 Å². The van der Waals surface area contributed by atoms with Gasteiger partial charge in [0.05, 0.1) is 20.8 Å². The second-order valence-corrected chi connectivity index (χ2v) is 23.9. The second kappa shape index (κ2) is 17.5. The summed E-state index contributed by atoms with van der Waals surface area (Å²) >= 11 is 0. The fourth-order valence-corrected chi connectivity index (χ4v) is 18.7. The summed E-state index contributed by atoms with van der Waals surface area (Å²) in [5, 5.41) is 0. The van der Waals surface area contributed by atoms with Crippen LogP contribution in [-0.2, 0) is 31.9 Å². The fraction of sp³-hybridized carbons (Fsp3) is 0.513. The lowest BCUT2D eigenvalue weighted by Crippen LogP contribution is -2.66. The molecular formula is C39H52N2O13Si2. The fourth-order valence-electron chi connectivity index (χ4n) is 7.51. The van der Waals surface area contributed by atoms with E-state index in [0.29, 0.717) is 4.57 Å². The highest BCUT2D eigenvalue weighted by molar-refractivity contribution is 6.84. The number of para-hydroxylation sites is 1. The summed E-state index contributed by atoms with van der Waals surface area (Å²) in [6.45, 7) is 16.0. The van der Waals surface area contributed by atoms with E-state index in [1.165, 1.54) is 50.7 Å². The number of esters is 2. The minimum Gasteiger partial charge on any atom is -0.466 e. The third-order valence-corrected chi connectivity index (χ3v) is 20.7. The van der Waals surface area contributed by atoms with Gasteiger partial charge in [0, 0.05) is 17.8 Å². The zero-order chi connectivity index (χ0) is 41.1. The Balaban J connectivity index is 1.64. The van der Waals surface area contributed by atoms with Crippen molar-refractivity contribution in [1.82, 2.24) is 9.13 Å². The third-order valence-electron chi connectivity index (χ3n) is 10.4. The molecule has 0 saturated carbocycles. The summed E-state index contributed by atoms with van der Waals surface area (Å²) in [7, 11) is -3.90. The van der Waals surface area contributed by atoms with Gasteiger partial charge >= 0.3 is 34.8 Å². The molecule has 15 nitrogen and oxygen atoms in total. The first kappa shape index (κ1) is 42.9. The SMILES string of the molecule is COC(=O)c1cccc(C(=O)OC)c1OCO[C@@H]1[C@@H]2O[Si](C(C)C)(C(C)C)O[Si](C(C)C)(C(C)C)OC[C@H]2O[C@H]1n1ccc(=O)n(C(=O)c2ccccc2)c1=O. The largest absolute Gasteiger partial charge is 0.466 e. The van der Waals surface area contributed by atoms with Crippen molar-refractivity contribution in [1.29, 1.82) is 0 Å². The lowest BCUT2D eigenvalue weighted by molar-refractivity contribution is -0.110. The van der Waals surface area contributed by atoms with Crippen LogP contribution in [0.1, 0.15) is 92.7 Å². The summed E-state index contributed by atoms with van der Waals surface area (Å²) in [6.07, 6.45) is -2.91. The zero-order valence-corrected chi connectivity index (χ0v) is 35.5. The first-order chi connectivity index (χ1) is 26.5. The van der Waals surface area contributed by atoms with E-state index < -0.39 is 77.5 Å². The number of methoxy groups -OCH3 is 2. The average molecular weight is 813 g/mol. The standard InChI is InChI=1S/C39H52N2O13Si2/c1-23(2)55(24(3)4)51-21-30-33(53-56(54-55,25(5)6)26(7)8)34(50-22-49-32-28(37(44)47-9)17-14-18-29(32)38(45)48-10)36(52-30)40-20-19-31(42)41(39(40)46)35(43)27-15-12-11-13-16-27/h11-20,23-26,30,33-34,36H,21-22H2,1-10H3/t30-,33-,34-,36-/m1/s1. The predicted octanol–water partition coefficient (Wildman–Crippen LogP) is 5.55. The van der Waals surface area contributed by atoms with E-state index in [0.717, 1.165) is 10.6 Å². The van der Waals surface area contributed by atoms with Crippen LogP contribution in [0.4, 0.5) is 0 Å². The molecule has 2 saturated heterocycles. The quantitative estimate of drug-likeness (QED) is 0.127. The highest BCUT2D eigenvalue weighted by Crippen LogP contribution is 2.48. The Morgan fingerprint density at radius 2 is 1.36 bits per heavy atom. The van der Waals surface area contributed by atoms with Crippen LogP contribution in [0.2, 0.25) is 22.2 Å². The minimum absolute atomic E-state index is 0.0279. The molecule has 3 aromatic rings. The third kappa shape index (κ3) is 7.98. The normalized spacial score (nSPS) is 21.8. The Morgan fingerprint density at radius 3 is 1.89 bits per heavy atom. The summed E-state index contributed by atoms with van der Waals surface area (Å²) in [4.78, 5) is 66.5. The lowest BCUT2D eigenvalue weighted by atomic mass is 10.1. The van der Waals surface area contributed by atoms with Crippen molar-refractivity contribution in [2.75, 3.05) is 27.6 Å². The maximum Gasteiger partial charge on any atom is 0.341 e. The Morgan fingerprint density at radius 1 is 0.786 bits per heavy atom. The van der Waals surface area contributed by atoms with Gasteiger partial charge in [0.2, 0.25) is 0 Å². The number of carbonyl (C=O) groups is 3. The van der Waals surface area contributed by atoms with Gasteiger partial charge in [-0.25, -0.2) is 14.4 Å². The van der Waals surface area contributed by atoms with Gasteiger partial charge in [-0.05, 0) is 46.4 Å². The number of nitrogens with zero attached hydrogens (tertiary/aromatic N) is 2. The highest BCUT2D eigenvalue weighted by atomic mass is 28.5. The van der Waals surface area contributed by atoms with Crippen LogP contribution >= 0.6 is 0 Å². The molecule has 5 rings (SSSR count). The van der Waals surface area contributed by atoms with Crippen LogP contribution < -0.4 is 16.0 Å². The Kier molecular flexibility index (Phi) is 13.4. The van der Waals surface area contributed by atoms with Crippen LogP contribution in [-0.4, -0.2) is 90.0 Å². The van der Waals surface area contributed by atoms with E-state index in [9.17, 15) is 24.0 Å². The predicted molar refractivity (Wildman–Crippen MR) is 208 cm³/mol. The minimum atomic E-state index is -3.28. The number of fused-ring (bicyclic) bond motifs is 1. The van der Waals surface area contributed by atoms with Gasteiger partial charge in [0.15, 0.2) is 18.8 Å². The first-order valence-electron chi connectivity index (χ1n) is 18.7. The van der Waals surface area contributed by atoms with Gasteiger partial charge in [-0.2, -0.15) is 4.57 Å². The smallest absolute Gasteiger partial charge is 0.341 e. The average Bonchev–Trinajstić information content (AvgIpc) is 3.49. The number of hydrogen-bond acceptors (Lipinski definition) is 13. The number of carbonyl (C=O) groups excluding carboxylic acids is 3. The molecule has 4 atom stereocenters. The molecule has 0 radical (unpaired) electrons. The van der Waals surface area contributed by atoms with Crippen molar-refractivity contribution in [3.8, 4) is 5.75 Å². The summed E-state index contributed by atoms with van der Waals surface area (Å²) < 4.78 is 52.2.